The van der Waals surface area contributed by atoms with Crippen LogP contribution in [-0.4, -0.2) is 79.8 Å². The average molecular weight is 449 g/mol. The first-order valence-electron chi connectivity index (χ1n) is 9.76. The van der Waals surface area contributed by atoms with Crippen LogP contribution in [0.2, 0.25) is 0 Å². The Bertz CT molecular complexity index is 970. The fourth-order valence-corrected chi connectivity index (χ4v) is 3.29. The van der Waals surface area contributed by atoms with Crippen molar-refractivity contribution in [3.05, 3.63) is 35.4 Å². The molecular formula is C21H23NO10. The van der Waals surface area contributed by atoms with Gasteiger partial charge >= 0.3 is 11.9 Å². The van der Waals surface area contributed by atoms with E-state index in [4.69, 9.17) is 9.47 Å². The number of carbonyl (C=O) groups excluding carboxylic acids is 2. The van der Waals surface area contributed by atoms with Crippen molar-refractivity contribution in [2.24, 2.45) is 0 Å². The molecule has 6 N–H and O–H groups in total. The number of aromatic hydroxyl groups is 6. The number of ether oxygens (including phenoxy) is 2. The standard InChI is InChI=1S/C21H23NO10/c23-14-5-11(6-15(24)18(14)27)20(29)31-10-13(9-22-3-1-2-4-22)32-21(30)12-7-16(25)19(28)17(26)8-12/h5-8,13,23-28H,1-4,9-10H2. The van der Waals surface area contributed by atoms with Crippen LogP contribution in [0.15, 0.2) is 24.3 Å². The van der Waals surface area contributed by atoms with Crippen LogP contribution < -0.4 is 0 Å². The van der Waals surface area contributed by atoms with Gasteiger partial charge in [-0.3, -0.25) is 4.90 Å². The molecule has 1 fully saturated rings. The monoisotopic (exact) mass is 449 g/mol. The number of phenolic OH excluding ortho intramolecular Hbond substituents is 6. The molecule has 0 amide bonds. The van der Waals surface area contributed by atoms with Gasteiger partial charge in [-0.1, -0.05) is 0 Å². The van der Waals surface area contributed by atoms with Crippen LogP contribution in [0.1, 0.15) is 33.6 Å². The first-order chi connectivity index (χ1) is 15.2. The molecule has 1 atom stereocenters. The normalized spacial score (nSPS) is 14.8. The van der Waals surface area contributed by atoms with Gasteiger partial charge in [0.2, 0.25) is 0 Å². The predicted octanol–water partition coefficient (Wildman–Crippen LogP) is 1.40. The van der Waals surface area contributed by atoms with E-state index >= 15 is 0 Å². The smallest absolute Gasteiger partial charge is 0.338 e. The summed E-state index contributed by atoms with van der Waals surface area (Å²) >= 11 is 0. The van der Waals surface area contributed by atoms with Gasteiger partial charge in [0.25, 0.3) is 0 Å². The molecule has 32 heavy (non-hydrogen) atoms. The molecule has 0 bridgehead atoms. The molecule has 0 spiro atoms. The fourth-order valence-electron chi connectivity index (χ4n) is 3.29. The number of phenols is 6. The second kappa shape index (κ2) is 9.52. The fraction of sp³-hybridized carbons (Fsp3) is 0.333. The van der Waals surface area contributed by atoms with Crippen LogP contribution >= 0.6 is 0 Å². The minimum Gasteiger partial charge on any atom is -0.504 e. The van der Waals surface area contributed by atoms with Crippen molar-refractivity contribution in [1.29, 1.82) is 0 Å². The highest BCUT2D eigenvalue weighted by molar-refractivity contribution is 5.92. The highest BCUT2D eigenvalue weighted by atomic mass is 16.6. The first-order valence-corrected chi connectivity index (χ1v) is 9.76. The number of rotatable bonds is 7. The zero-order valence-electron chi connectivity index (χ0n) is 16.9. The molecule has 0 aromatic heterocycles. The molecule has 0 aliphatic carbocycles. The molecule has 0 radical (unpaired) electrons. The van der Waals surface area contributed by atoms with Crippen molar-refractivity contribution in [1.82, 2.24) is 4.90 Å². The molecule has 1 unspecified atom stereocenters. The highest BCUT2D eigenvalue weighted by Crippen LogP contribution is 2.36. The maximum Gasteiger partial charge on any atom is 0.338 e. The average Bonchev–Trinajstić information content (AvgIpc) is 3.26. The van der Waals surface area contributed by atoms with E-state index in [0.29, 0.717) is 0 Å². The molecule has 2 aromatic carbocycles. The van der Waals surface area contributed by atoms with Crippen LogP contribution in [-0.2, 0) is 9.47 Å². The Morgan fingerprint density at radius 2 is 1.22 bits per heavy atom. The molecule has 1 aliphatic heterocycles. The SMILES string of the molecule is O=C(OCC(CN1CCCC1)OC(=O)c1cc(O)c(O)c(O)c1)c1cc(O)c(O)c(O)c1. The van der Waals surface area contributed by atoms with E-state index in [1.807, 2.05) is 4.90 Å². The van der Waals surface area contributed by atoms with Gasteiger partial charge in [0.15, 0.2) is 34.5 Å². The van der Waals surface area contributed by atoms with Crippen molar-refractivity contribution in [3.63, 3.8) is 0 Å². The van der Waals surface area contributed by atoms with Crippen molar-refractivity contribution in [2.75, 3.05) is 26.2 Å². The lowest BCUT2D eigenvalue weighted by molar-refractivity contribution is -0.00879. The van der Waals surface area contributed by atoms with Gasteiger partial charge in [0.05, 0.1) is 11.1 Å². The summed E-state index contributed by atoms with van der Waals surface area (Å²) in [6.45, 7) is 1.42. The number of esters is 2. The number of nitrogens with zero attached hydrogens (tertiary/aromatic N) is 1. The van der Waals surface area contributed by atoms with E-state index in [1.54, 1.807) is 0 Å². The van der Waals surface area contributed by atoms with Gasteiger partial charge in [-0.25, -0.2) is 9.59 Å². The Morgan fingerprint density at radius 3 is 1.69 bits per heavy atom. The summed E-state index contributed by atoms with van der Waals surface area (Å²) in [5, 5.41) is 57.1. The van der Waals surface area contributed by atoms with Crippen LogP contribution in [0, 0.1) is 0 Å². The summed E-state index contributed by atoms with van der Waals surface area (Å²) in [5.74, 6) is -6.22. The lowest BCUT2D eigenvalue weighted by Crippen LogP contribution is -2.37. The van der Waals surface area contributed by atoms with Gasteiger partial charge < -0.3 is 40.1 Å². The number of likely N-dealkylation sites (tertiary alicyclic amines) is 1. The van der Waals surface area contributed by atoms with E-state index in [9.17, 15) is 40.2 Å². The summed E-state index contributed by atoms with van der Waals surface area (Å²) in [5.41, 5.74) is -0.443. The molecular weight excluding hydrogens is 426 g/mol. The van der Waals surface area contributed by atoms with E-state index in [-0.39, 0.29) is 24.3 Å². The molecule has 3 rings (SSSR count). The summed E-state index contributed by atoms with van der Waals surface area (Å²) in [7, 11) is 0. The third-order valence-corrected chi connectivity index (χ3v) is 4.95. The van der Waals surface area contributed by atoms with Crippen LogP contribution in [0.25, 0.3) is 0 Å². The number of hydrogen-bond donors (Lipinski definition) is 6. The topological polar surface area (TPSA) is 177 Å². The largest absolute Gasteiger partial charge is 0.504 e. The van der Waals surface area contributed by atoms with Gasteiger partial charge in [-0.15, -0.1) is 0 Å². The van der Waals surface area contributed by atoms with E-state index < -0.39 is 52.5 Å². The molecule has 2 aromatic rings. The number of benzene rings is 2. The minimum absolute atomic E-state index is 0.219. The summed E-state index contributed by atoms with van der Waals surface area (Å²) in [6.07, 6.45) is 1.01. The number of hydrogen-bond acceptors (Lipinski definition) is 11. The number of carbonyl (C=O) groups is 2. The van der Waals surface area contributed by atoms with Gasteiger partial charge in [-0.2, -0.15) is 0 Å². The van der Waals surface area contributed by atoms with Crippen molar-refractivity contribution < 1.29 is 49.7 Å². The Morgan fingerprint density at radius 1 is 0.781 bits per heavy atom. The molecule has 1 saturated heterocycles. The first kappa shape index (κ1) is 22.8. The van der Waals surface area contributed by atoms with E-state index in [1.165, 1.54) is 0 Å². The van der Waals surface area contributed by atoms with E-state index in [2.05, 4.69) is 0 Å². The Balaban J connectivity index is 1.71. The zero-order chi connectivity index (χ0) is 23.4. The van der Waals surface area contributed by atoms with Crippen molar-refractivity contribution >= 4 is 11.9 Å². The lowest BCUT2D eigenvalue weighted by atomic mass is 10.2. The highest BCUT2D eigenvalue weighted by Gasteiger charge is 2.25. The third kappa shape index (κ3) is 5.24. The molecule has 1 aliphatic rings. The molecule has 11 nitrogen and oxygen atoms in total. The zero-order valence-corrected chi connectivity index (χ0v) is 16.9. The molecule has 0 saturated carbocycles. The maximum absolute atomic E-state index is 12.5. The predicted molar refractivity (Wildman–Crippen MR) is 108 cm³/mol. The summed E-state index contributed by atoms with van der Waals surface area (Å²) < 4.78 is 10.6. The second-order valence-electron chi connectivity index (χ2n) is 7.36. The molecule has 172 valence electrons. The lowest BCUT2D eigenvalue weighted by Gasteiger charge is -2.23. The molecule has 1 heterocycles. The summed E-state index contributed by atoms with van der Waals surface area (Å²) in [6, 6.07) is 3.69. The second-order valence-corrected chi connectivity index (χ2v) is 7.36. The van der Waals surface area contributed by atoms with Crippen LogP contribution in [0.5, 0.6) is 34.5 Å². The minimum atomic E-state index is -0.932. The van der Waals surface area contributed by atoms with Crippen LogP contribution in [0.3, 0.4) is 0 Å². The van der Waals surface area contributed by atoms with Gasteiger partial charge in [0.1, 0.15) is 12.7 Å². The quantitative estimate of drug-likeness (QED) is 0.266. The Kier molecular flexibility index (Phi) is 6.79. The Hall–Kier alpha value is -3.86. The van der Waals surface area contributed by atoms with Gasteiger partial charge in [-0.05, 0) is 50.2 Å². The van der Waals surface area contributed by atoms with Crippen molar-refractivity contribution in [3.8, 4) is 34.5 Å². The van der Waals surface area contributed by atoms with Crippen LogP contribution in [0.4, 0.5) is 0 Å². The third-order valence-electron chi connectivity index (χ3n) is 4.95. The van der Waals surface area contributed by atoms with E-state index in [0.717, 1.165) is 50.2 Å². The van der Waals surface area contributed by atoms with Gasteiger partial charge in [0, 0.05) is 6.54 Å². The maximum atomic E-state index is 12.5. The Labute approximate surface area is 182 Å². The molecule has 11 heteroatoms. The van der Waals surface area contributed by atoms with Crippen molar-refractivity contribution in [2.45, 2.75) is 18.9 Å². The summed E-state index contributed by atoms with van der Waals surface area (Å²) in [4.78, 5) is 26.8.